The van der Waals surface area contributed by atoms with E-state index in [0.29, 0.717) is 22.6 Å². The van der Waals surface area contributed by atoms with Crippen molar-refractivity contribution in [2.45, 2.75) is 5.92 Å². The smallest absolute Gasteiger partial charge is 0.229 e. The number of rotatable bonds is 5. The first kappa shape index (κ1) is 15.7. The first-order valence-corrected chi connectivity index (χ1v) is 7.37. The van der Waals surface area contributed by atoms with Gasteiger partial charge in [-0.2, -0.15) is 10.2 Å². The van der Waals surface area contributed by atoms with Gasteiger partial charge < -0.3 is 15.2 Å². The molecule has 6 heteroatoms. The van der Waals surface area contributed by atoms with Crippen molar-refractivity contribution in [3.05, 3.63) is 59.8 Å². The first-order chi connectivity index (χ1) is 11.7. The average Bonchev–Trinajstić information content (AvgIpc) is 2.61. The minimum Gasteiger partial charge on any atom is -0.493 e. The highest BCUT2D eigenvalue weighted by atomic mass is 16.5. The van der Waals surface area contributed by atoms with Gasteiger partial charge in [-0.25, -0.2) is 0 Å². The predicted molar refractivity (Wildman–Crippen MR) is 90.1 cm³/mol. The van der Waals surface area contributed by atoms with Crippen LogP contribution < -0.4 is 15.2 Å². The Hall–Kier alpha value is -3.15. The van der Waals surface area contributed by atoms with E-state index in [1.54, 1.807) is 32.5 Å². The van der Waals surface area contributed by atoms with Gasteiger partial charge in [0.05, 0.1) is 31.9 Å². The number of primary amides is 1. The van der Waals surface area contributed by atoms with Crippen molar-refractivity contribution in [1.29, 1.82) is 0 Å². The molecule has 0 saturated heterocycles. The third-order valence-electron chi connectivity index (χ3n) is 3.90. The molecule has 0 aliphatic carbocycles. The summed E-state index contributed by atoms with van der Waals surface area (Å²) in [4.78, 5) is 12.1. The van der Waals surface area contributed by atoms with Gasteiger partial charge in [0.2, 0.25) is 5.91 Å². The van der Waals surface area contributed by atoms with E-state index in [9.17, 15) is 4.79 Å². The van der Waals surface area contributed by atoms with Crippen molar-refractivity contribution in [3.63, 3.8) is 0 Å². The molecule has 3 aromatic rings. The van der Waals surface area contributed by atoms with Gasteiger partial charge in [-0.15, -0.1) is 0 Å². The van der Waals surface area contributed by atoms with Gasteiger partial charge in [0.15, 0.2) is 11.5 Å². The standard InChI is InChI=1S/C18H17N3O3/c1-23-15-8-12-13(10-20-21-14(12)9-16(15)24-2)17(18(19)22)11-6-4-3-5-7-11/h3-10,17H,1-2H3,(H2,19,22). The molecule has 2 N–H and O–H groups in total. The highest BCUT2D eigenvalue weighted by Gasteiger charge is 2.24. The largest absolute Gasteiger partial charge is 0.493 e. The van der Waals surface area contributed by atoms with E-state index in [-0.39, 0.29) is 0 Å². The van der Waals surface area contributed by atoms with E-state index in [1.807, 2.05) is 30.3 Å². The summed E-state index contributed by atoms with van der Waals surface area (Å²) in [7, 11) is 3.11. The second-order valence-electron chi connectivity index (χ2n) is 5.27. The van der Waals surface area contributed by atoms with Gasteiger partial charge >= 0.3 is 0 Å². The number of aromatic nitrogens is 2. The van der Waals surface area contributed by atoms with Crippen LogP contribution in [0.1, 0.15) is 17.0 Å². The second kappa shape index (κ2) is 6.54. The zero-order valence-electron chi connectivity index (χ0n) is 13.4. The Morgan fingerprint density at radius 1 is 1.08 bits per heavy atom. The summed E-state index contributed by atoms with van der Waals surface area (Å²) in [5.41, 5.74) is 7.76. The van der Waals surface area contributed by atoms with Crippen molar-refractivity contribution in [2.24, 2.45) is 5.73 Å². The fourth-order valence-corrected chi connectivity index (χ4v) is 2.78. The summed E-state index contributed by atoms with van der Waals surface area (Å²) in [5, 5.41) is 8.89. The van der Waals surface area contributed by atoms with Gasteiger partial charge in [0.25, 0.3) is 0 Å². The number of ether oxygens (including phenoxy) is 2. The van der Waals surface area contributed by atoms with Gasteiger partial charge in [-0.3, -0.25) is 4.79 Å². The van der Waals surface area contributed by atoms with E-state index < -0.39 is 11.8 Å². The molecule has 0 aliphatic heterocycles. The molecule has 0 spiro atoms. The molecular weight excluding hydrogens is 306 g/mol. The van der Waals surface area contributed by atoms with Crippen LogP contribution in [0.5, 0.6) is 11.5 Å². The van der Waals surface area contributed by atoms with Crippen LogP contribution in [0.3, 0.4) is 0 Å². The minimum absolute atomic E-state index is 0.453. The second-order valence-corrected chi connectivity index (χ2v) is 5.27. The molecule has 1 amide bonds. The molecule has 1 atom stereocenters. The fraction of sp³-hybridized carbons (Fsp3) is 0.167. The third kappa shape index (κ3) is 2.74. The van der Waals surface area contributed by atoms with Gasteiger partial charge in [-0.1, -0.05) is 30.3 Å². The Morgan fingerprint density at radius 2 is 1.75 bits per heavy atom. The van der Waals surface area contributed by atoms with Crippen molar-refractivity contribution < 1.29 is 14.3 Å². The molecular formula is C18H17N3O3. The van der Waals surface area contributed by atoms with Crippen LogP contribution >= 0.6 is 0 Å². The third-order valence-corrected chi connectivity index (χ3v) is 3.90. The summed E-state index contributed by atoms with van der Waals surface area (Å²) in [6.45, 7) is 0. The lowest BCUT2D eigenvalue weighted by Gasteiger charge is -2.17. The number of amides is 1. The molecule has 0 fully saturated rings. The molecule has 3 rings (SSSR count). The van der Waals surface area contributed by atoms with Crippen LogP contribution in [-0.2, 0) is 4.79 Å². The fourth-order valence-electron chi connectivity index (χ4n) is 2.78. The number of carbonyl (C=O) groups is 1. The van der Waals surface area contributed by atoms with Gasteiger partial charge in [-0.05, 0) is 17.2 Å². The van der Waals surface area contributed by atoms with Crippen molar-refractivity contribution in [3.8, 4) is 11.5 Å². The molecule has 6 nitrogen and oxygen atoms in total. The minimum atomic E-state index is -0.623. The van der Waals surface area contributed by atoms with Gasteiger partial charge in [0.1, 0.15) is 0 Å². The summed E-state index contributed by atoms with van der Waals surface area (Å²) in [6.07, 6.45) is 1.57. The monoisotopic (exact) mass is 323 g/mol. The number of fused-ring (bicyclic) bond motifs is 1. The van der Waals surface area contributed by atoms with Gasteiger partial charge in [0, 0.05) is 11.5 Å². The topological polar surface area (TPSA) is 87.3 Å². The Balaban J connectivity index is 2.26. The Bertz CT molecular complexity index is 881. The van der Waals surface area contributed by atoms with E-state index >= 15 is 0 Å². The van der Waals surface area contributed by atoms with Crippen molar-refractivity contribution >= 4 is 16.8 Å². The molecule has 1 aromatic heterocycles. The molecule has 122 valence electrons. The molecule has 24 heavy (non-hydrogen) atoms. The highest BCUT2D eigenvalue weighted by molar-refractivity contribution is 5.93. The molecule has 0 saturated carbocycles. The zero-order chi connectivity index (χ0) is 17.1. The van der Waals surface area contributed by atoms with Crippen LogP contribution in [0.2, 0.25) is 0 Å². The van der Waals surface area contributed by atoms with Crippen LogP contribution in [0, 0.1) is 0 Å². The number of hydrogen-bond acceptors (Lipinski definition) is 5. The molecule has 0 bridgehead atoms. The quantitative estimate of drug-likeness (QED) is 0.778. The Labute approximate surface area is 139 Å². The van der Waals surface area contributed by atoms with E-state index in [4.69, 9.17) is 15.2 Å². The zero-order valence-corrected chi connectivity index (χ0v) is 13.4. The summed E-state index contributed by atoms with van der Waals surface area (Å²) < 4.78 is 10.6. The Kier molecular flexibility index (Phi) is 4.29. The van der Waals surface area contributed by atoms with E-state index in [2.05, 4.69) is 10.2 Å². The summed E-state index contributed by atoms with van der Waals surface area (Å²) in [6, 6.07) is 12.9. The number of carbonyl (C=O) groups excluding carboxylic acids is 1. The molecule has 2 aromatic carbocycles. The van der Waals surface area contributed by atoms with Crippen LogP contribution in [0.25, 0.3) is 10.9 Å². The predicted octanol–water partition coefficient (Wildman–Crippen LogP) is 2.26. The Morgan fingerprint density at radius 3 is 2.38 bits per heavy atom. The van der Waals surface area contributed by atoms with Crippen molar-refractivity contribution in [2.75, 3.05) is 14.2 Å². The summed E-state index contributed by atoms with van der Waals surface area (Å²) in [5.74, 6) is 0.0231. The SMILES string of the molecule is COc1cc2nncc(C(C(N)=O)c3ccccc3)c2cc1OC. The van der Waals surface area contributed by atoms with E-state index in [1.165, 1.54) is 0 Å². The van der Waals surface area contributed by atoms with Crippen LogP contribution in [0.15, 0.2) is 48.7 Å². The van der Waals surface area contributed by atoms with Crippen molar-refractivity contribution in [1.82, 2.24) is 10.2 Å². The lowest BCUT2D eigenvalue weighted by molar-refractivity contribution is -0.118. The van der Waals surface area contributed by atoms with Crippen LogP contribution in [-0.4, -0.2) is 30.3 Å². The summed E-state index contributed by atoms with van der Waals surface area (Å²) >= 11 is 0. The molecule has 0 radical (unpaired) electrons. The normalized spacial score (nSPS) is 11.9. The lowest BCUT2D eigenvalue weighted by Crippen LogP contribution is -2.23. The maximum atomic E-state index is 12.1. The number of nitrogens with two attached hydrogens (primary N) is 1. The molecule has 0 aliphatic rings. The average molecular weight is 323 g/mol. The molecule has 1 heterocycles. The lowest BCUT2D eigenvalue weighted by atomic mass is 9.89. The number of hydrogen-bond donors (Lipinski definition) is 1. The maximum absolute atomic E-state index is 12.1. The maximum Gasteiger partial charge on any atom is 0.229 e. The van der Waals surface area contributed by atoms with Crippen LogP contribution in [0.4, 0.5) is 0 Å². The number of nitrogens with zero attached hydrogens (tertiary/aromatic N) is 2. The molecule has 1 unspecified atom stereocenters. The first-order valence-electron chi connectivity index (χ1n) is 7.37. The van der Waals surface area contributed by atoms with E-state index in [0.717, 1.165) is 10.9 Å². The highest BCUT2D eigenvalue weighted by Crippen LogP contribution is 2.36. The number of benzene rings is 2. The number of methoxy groups -OCH3 is 2.